The van der Waals surface area contributed by atoms with Gasteiger partial charge in [-0.1, -0.05) is 6.07 Å². The Morgan fingerprint density at radius 1 is 1.58 bits per heavy atom. The average molecular weight is 268 g/mol. The van der Waals surface area contributed by atoms with E-state index < -0.39 is 0 Å². The fourth-order valence-corrected chi connectivity index (χ4v) is 2.51. The van der Waals surface area contributed by atoms with Gasteiger partial charge < -0.3 is 15.2 Å². The summed E-state index contributed by atoms with van der Waals surface area (Å²) < 4.78 is 24.2. The molecule has 1 saturated heterocycles. The first kappa shape index (κ1) is 14.2. The number of rotatable bonds is 4. The molecule has 0 aromatic heterocycles. The molecule has 0 spiro atoms. The molecule has 4 nitrogen and oxygen atoms in total. The van der Waals surface area contributed by atoms with Gasteiger partial charge in [-0.25, -0.2) is 4.39 Å². The Balaban J connectivity index is 2.19. The van der Waals surface area contributed by atoms with Gasteiger partial charge in [-0.05, 0) is 24.6 Å². The van der Waals surface area contributed by atoms with Crippen molar-refractivity contribution in [1.82, 2.24) is 4.90 Å². The van der Waals surface area contributed by atoms with Gasteiger partial charge in [-0.15, -0.1) is 0 Å². The van der Waals surface area contributed by atoms with Crippen LogP contribution in [0.15, 0.2) is 18.2 Å². The van der Waals surface area contributed by atoms with Gasteiger partial charge in [0.25, 0.3) is 0 Å². The minimum absolute atomic E-state index is 0.0201. The van der Waals surface area contributed by atoms with Crippen molar-refractivity contribution < 1.29 is 13.9 Å². The second-order valence-electron chi connectivity index (χ2n) is 4.82. The third-order valence-electron chi connectivity index (χ3n) is 3.50. The van der Waals surface area contributed by atoms with E-state index in [9.17, 15) is 4.39 Å². The first-order valence-electron chi connectivity index (χ1n) is 6.55. The van der Waals surface area contributed by atoms with E-state index in [1.165, 1.54) is 13.2 Å². The highest BCUT2D eigenvalue weighted by molar-refractivity contribution is 5.31. The Bertz CT molecular complexity index is 428. The van der Waals surface area contributed by atoms with Crippen LogP contribution in [0, 0.1) is 5.82 Å². The zero-order valence-corrected chi connectivity index (χ0v) is 11.4. The first-order chi connectivity index (χ1) is 9.15. The molecule has 2 atom stereocenters. The number of benzene rings is 1. The van der Waals surface area contributed by atoms with Gasteiger partial charge in [0, 0.05) is 25.7 Å². The zero-order valence-electron chi connectivity index (χ0n) is 11.4. The Morgan fingerprint density at radius 3 is 2.95 bits per heavy atom. The molecule has 2 rings (SSSR count). The molecule has 1 aliphatic heterocycles. The van der Waals surface area contributed by atoms with Crippen LogP contribution in [0.1, 0.15) is 18.5 Å². The molecule has 2 unspecified atom stereocenters. The predicted molar refractivity (Wildman–Crippen MR) is 71.7 cm³/mol. The van der Waals surface area contributed by atoms with Gasteiger partial charge in [-0.2, -0.15) is 0 Å². The largest absolute Gasteiger partial charge is 0.494 e. The van der Waals surface area contributed by atoms with Crippen molar-refractivity contribution in [2.75, 3.05) is 33.4 Å². The molecule has 1 fully saturated rings. The van der Waals surface area contributed by atoms with Crippen molar-refractivity contribution in [1.29, 1.82) is 0 Å². The molecule has 0 saturated carbocycles. The average Bonchev–Trinajstić information content (AvgIpc) is 2.40. The maximum atomic E-state index is 13.8. The smallest absolute Gasteiger partial charge is 0.165 e. The molecule has 0 bridgehead atoms. The summed E-state index contributed by atoms with van der Waals surface area (Å²) in [5.41, 5.74) is 6.75. The quantitative estimate of drug-likeness (QED) is 0.900. The van der Waals surface area contributed by atoms with Crippen molar-refractivity contribution in [3.8, 4) is 5.75 Å². The number of nitrogens with two attached hydrogens (primary N) is 1. The van der Waals surface area contributed by atoms with E-state index in [1.807, 2.05) is 13.0 Å². The monoisotopic (exact) mass is 268 g/mol. The molecule has 1 aromatic carbocycles. The highest BCUT2D eigenvalue weighted by atomic mass is 19.1. The van der Waals surface area contributed by atoms with Crippen LogP contribution in [0.5, 0.6) is 5.75 Å². The van der Waals surface area contributed by atoms with Gasteiger partial charge in [0.2, 0.25) is 0 Å². The summed E-state index contributed by atoms with van der Waals surface area (Å²) in [4.78, 5) is 2.25. The molecule has 2 N–H and O–H groups in total. The number of hydrogen-bond donors (Lipinski definition) is 1. The van der Waals surface area contributed by atoms with Crippen molar-refractivity contribution in [3.05, 3.63) is 29.6 Å². The lowest BCUT2D eigenvalue weighted by Gasteiger charge is -2.37. The van der Waals surface area contributed by atoms with E-state index in [0.29, 0.717) is 13.2 Å². The summed E-state index contributed by atoms with van der Waals surface area (Å²) in [5, 5.41) is 0. The van der Waals surface area contributed by atoms with E-state index in [1.54, 1.807) is 6.07 Å². The van der Waals surface area contributed by atoms with Crippen LogP contribution in [0.2, 0.25) is 0 Å². The fourth-order valence-electron chi connectivity index (χ4n) is 2.51. The molecule has 106 valence electrons. The van der Waals surface area contributed by atoms with E-state index >= 15 is 0 Å². The molecule has 0 aliphatic carbocycles. The van der Waals surface area contributed by atoms with Crippen LogP contribution in [0.3, 0.4) is 0 Å². The minimum Gasteiger partial charge on any atom is -0.494 e. The SMILES string of the molecule is COc1ccc(C(CN)N2CCOC(C)C2)cc1F. The van der Waals surface area contributed by atoms with Gasteiger partial charge in [-0.3, -0.25) is 4.90 Å². The minimum atomic E-state index is -0.347. The van der Waals surface area contributed by atoms with E-state index in [4.69, 9.17) is 15.2 Å². The summed E-state index contributed by atoms with van der Waals surface area (Å²) in [6, 6.07) is 5.06. The molecule has 19 heavy (non-hydrogen) atoms. The van der Waals surface area contributed by atoms with E-state index in [-0.39, 0.29) is 23.7 Å². The van der Waals surface area contributed by atoms with Gasteiger partial charge in [0.15, 0.2) is 11.6 Å². The zero-order chi connectivity index (χ0) is 13.8. The molecule has 5 heteroatoms. The van der Waals surface area contributed by atoms with E-state index in [0.717, 1.165) is 18.7 Å². The second-order valence-corrected chi connectivity index (χ2v) is 4.82. The molecular weight excluding hydrogens is 247 g/mol. The Hall–Kier alpha value is -1.17. The summed E-state index contributed by atoms with van der Waals surface area (Å²) in [6.07, 6.45) is 0.186. The maximum absolute atomic E-state index is 13.8. The highest BCUT2D eigenvalue weighted by Crippen LogP contribution is 2.26. The number of morpholine rings is 1. The van der Waals surface area contributed by atoms with Crippen LogP contribution in [-0.2, 0) is 4.74 Å². The molecule has 0 amide bonds. The van der Waals surface area contributed by atoms with Gasteiger partial charge in [0.05, 0.1) is 19.8 Å². The molecular formula is C14H21FN2O2. The van der Waals surface area contributed by atoms with Gasteiger partial charge >= 0.3 is 0 Å². The van der Waals surface area contributed by atoms with Crippen molar-refractivity contribution in [2.24, 2.45) is 5.73 Å². The van der Waals surface area contributed by atoms with Crippen LogP contribution < -0.4 is 10.5 Å². The summed E-state index contributed by atoms with van der Waals surface area (Å²) >= 11 is 0. The second kappa shape index (κ2) is 6.32. The lowest BCUT2D eigenvalue weighted by atomic mass is 10.0. The Morgan fingerprint density at radius 2 is 2.37 bits per heavy atom. The number of halogens is 1. The van der Waals surface area contributed by atoms with Crippen molar-refractivity contribution >= 4 is 0 Å². The molecule has 1 aromatic rings. The Kier molecular flexibility index (Phi) is 4.74. The normalized spacial score (nSPS) is 22.2. The lowest BCUT2D eigenvalue weighted by molar-refractivity contribution is -0.0333. The third-order valence-corrected chi connectivity index (χ3v) is 3.50. The van der Waals surface area contributed by atoms with Crippen LogP contribution in [0.4, 0.5) is 4.39 Å². The number of nitrogens with zero attached hydrogens (tertiary/aromatic N) is 1. The number of methoxy groups -OCH3 is 1. The fraction of sp³-hybridized carbons (Fsp3) is 0.571. The predicted octanol–water partition coefficient (Wildman–Crippen LogP) is 1.55. The molecule has 1 heterocycles. The molecule has 0 radical (unpaired) electrons. The third kappa shape index (κ3) is 3.23. The van der Waals surface area contributed by atoms with Crippen molar-refractivity contribution in [3.63, 3.8) is 0 Å². The van der Waals surface area contributed by atoms with Crippen LogP contribution >= 0.6 is 0 Å². The van der Waals surface area contributed by atoms with Crippen molar-refractivity contribution in [2.45, 2.75) is 19.1 Å². The van der Waals surface area contributed by atoms with Crippen LogP contribution in [-0.4, -0.2) is 44.4 Å². The lowest BCUT2D eigenvalue weighted by Crippen LogP contribution is -2.45. The summed E-state index contributed by atoms with van der Waals surface area (Å²) in [5.74, 6) is -0.0883. The highest BCUT2D eigenvalue weighted by Gasteiger charge is 2.25. The summed E-state index contributed by atoms with van der Waals surface area (Å²) in [7, 11) is 1.46. The molecule has 1 aliphatic rings. The Labute approximate surface area is 113 Å². The number of hydrogen-bond acceptors (Lipinski definition) is 4. The first-order valence-corrected chi connectivity index (χ1v) is 6.55. The van der Waals surface area contributed by atoms with Crippen LogP contribution in [0.25, 0.3) is 0 Å². The van der Waals surface area contributed by atoms with Gasteiger partial charge in [0.1, 0.15) is 0 Å². The van der Waals surface area contributed by atoms with E-state index in [2.05, 4.69) is 4.90 Å². The summed E-state index contributed by atoms with van der Waals surface area (Å²) in [6.45, 7) is 4.82. The maximum Gasteiger partial charge on any atom is 0.165 e. The topological polar surface area (TPSA) is 47.7 Å². The standard InChI is InChI=1S/C14H21FN2O2/c1-10-9-17(5-6-19-10)13(8-16)11-3-4-14(18-2)12(15)7-11/h3-4,7,10,13H,5-6,8-9,16H2,1-2H3. The number of ether oxygens (including phenoxy) is 2.